The summed E-state index contributed by atoms with van der Waals surface area (Å²) in [5.41, 5.74) is 7.03. The molecule has 1 aliphatic rings. The lowest BCUT2D eigenvalue weighted by atomic mass is 9.96. The van der Waals surface area contributed by atoms with Gasteiger partial charge >= 0.3 is 5.97 Å². The molecule has 0 spiro atoms. The van der Waals surface area contributed by atoms with E-state index in [9.17, 15) is 9.59 Å². The lowest BCUT2D eigenvalue weighted by Crippen LogP contribution is -2.27. The van der Waals surface area contributed by atoms with Gasteiger partial charge in [0.1, 0.15) is 11.3 Å². The van der Waals surface area contributed by atoms with Crippen LogP contribution in [0.4, 0.5) is 0 Å². The van der Waals surface area contributed by atoms with E-state index in [1.807, 2.05) is 45.4 Å². The zero-order chi connectivity index (χ0) is 25.7. The Morgan fingerprint density at radius 1 is 1.14 bits per heavy atom. The van der Waals surface area contributed by atoms with Crippen LogP contribution in [0.1, 0.15) is 65.6 Å². The number of esters is 1. The van der Waals surface area contributed by atoms with Gasteiger partial charge in [-0.1, -0.05) is 29.8 Å². The van der Waals surface area contributed by atoms with Crippen LogP contribution in [-0.2, 0) is 24.7 Å². The van der Waals surface area contributed by atoms with Crippen LogP contribution in [0.25, 0.3) is 16.6 Å². The summed E-state index contributed by atoms with van der Waals surface area (Å²) in [4.78, 5) is 32.6. The minimum absolute atomic E-state index is 0.130. The molecule has 1 aliphatic carbocycles. The van der Waals surface area contributed by atoms with Crippen molar-refractivity contribution in [3.05, 3.63) is 64.0 Å². The van der Waals surface area contributed by atoms with E-state index in [0.29, 0.717) is 28.8 Å². The van der Waals surface area contributed by atoms with Crippen molar-refractivity contribution < 1.29 is 14.3 Å². The average molecular weight is 474 g/mol. The van der Waals surface area contributed by atoms with Crippen LogP contribution in [-0.4, -0.2) is 40.4 Å². The summed E-state index contributed by atoms with van der Waals surface area (Å²) in [6, 6.07) is 8.45. The van der Waals surface area contributed by atoms with E-state index in [1.54, 1.807) is 19.0 Å². The smallest absolute Gasteiger partial charge is 0.316 e. The number of fused-ring (bicyclic) bond motifs is 2. The first-order chi connectivity index (χ1) is 16.4. The Morgan fingerprint density at radius 3 is 2.51 bits per heavy atom. The van der Waals surface area contributed by atoms with Gasteiger partial charge in [0, 0.05) is 32.3 Å². The lowest BCUT2D eigenvalue weighted by Gasteiger charge is -2.21. The topological polar surface area (TPSA) is 64.4 Å². The molecule has 0 atom stereocenters. The molecule has 4 rings (SSSR count). The molecule has 0 radical (unpaired) electrons. The van der Waals surface area contributed by atoms with E-state index in [-0.39, 0.29) is 11.9 Å². The number of ether oxygens (including phenoxy) is 1. The number of aryl methyl sites for hydroxylation is 4. The number of carbonyl (C=O) groups excluding carboxylic acids is 2. The third kappa shape index (κ3) is 4.62. The molecule has 1 aromatic heterocycles. The number of hydrogen-bond donors (Lipinski definition) is 0. The highest BCUT2D eigenvalue weighted by Crippen LogP contribution is 2.38. The molecule has 35 heavy (non-hydrogen) atoms. The van der Waals surface area contributed by atoms with Crippen molar-refractivity contribution in [1.29, 1.82) is 0 Å². The molecule has 0 N–H and O–H groups in total. The zero-order valence-corrected chi connectivity index (χ0v) is 22.1. The molecule has 1 amide bonds. The summed E-state index contributed by atoms with van der Waals surface area (Å²) in [6.45, 7) is 9.49. The zero-order valence-electron chi connectivity index (χ0n) is 22.1. The van der Waals surface area contributed by atoms with Gasteiger partial charge in [-0.25, -0.2) is 4.98 Å². The van der Waals surface area contributed by atoms with Crippen LogP contribution < -0.4 is 4.74 Å². The van der Waals surface area contributed by atoms with Crippen molar-refractivity contribution in [1.82, 2.24) is 14.5 Å². The van der Waals surface area contributed by atoms with Crippen LogP contribution >= 0.6 is 0 Å². The van der Waals surface area contributed by atoms with Crippen molar-refractivity contribution in [2.75, 3.05) is 14.1 Å². The van der Waals surface area contributed by atoms with E-state index in [1.165, 1.54) is 22.3 Å². The lowest BCUT2D eigenvalue weighted by molar-refractivity contribution is -0.142. The third-order valence-corrected chi connectivity index (χ3v) is 6.73. The van der Waals surface area contributed by atoms with Crippen LogP contribution in [0.2, 0.25) is 0 Å². The number of allylic oxidation sites excluding steroid dienone is 2. The van der Waals surface area contributed by atoms with Gasteiger partial charge < -0.3 is 14.2 Å². The number of nitrogens with zero attached hydrogens (tertiary/aromatic N) is 3. The predicted molar refractivity (Wildman–Crippen MR) is 140 cm³/mol. The van der Waals surface area contributed by atoms with Crippen LogP contribution in [0.5, 0.6) is 5.75 Å². The fraction of sp³-hybridized carbons (Fsp3) is 0.414. The van der Waals surface area contributed by atoms with E-state index in [4.69, 9.17) is 9.72 Å². The molecule has 2 aromatic carbocycles. The Hall–Kier alpha value is -3.41. The number of imidazole rings is 1. The molecule has 0 bridgehead atoms. The minimum atomic E-state index is -0.699. The second-order valence-corrected chi connectivity index (χ2v) is 10.8. The highest BCUT2D eigenvalue weighted by Gasteiger charge is 2.29. The van der Waals surface area contributed by atoms with Gasteiger partial charge in [-0.05, 0) is 76.6 Å². The molecule has 0 saturated heterocycles. The Bertz CT molecular complexity index is 1370. The first-order valence-corrected chi connectivity index (χ1v) is 12.1. The molecule has 0 fully saturated rings. The number of amides is 1. The van der Waals surface area contributed by atoms with Crippen molar-refractivity contribution in [2.45, 2.75) is 53.9 Å². The van der Waals surface area contributed by atoms with Crippen LogP contribution in [0, 0.1) is 19.3 Å². The second kappa shape index (κ2) is 8.99. The normalized spacial score (nSPS) is 14.5. The SMILES string of the molecule is Cc1ccc2c(c1)CCC2=CCc1c(C(=O)N(C)C)cc2c(nc(C)n2C)c1OC(=O)C(C)(C)C. The Kier molecular flexibility index (Phi) is 6.34. The molecular formula is C29H35N3O3. The minimum Gasteiger partial charge on any atom is -0.423 e. The monoisotopic (exact) mass is 473 g/mol. The summed E-state index contributed by atoms with van der Waals surface area (Å²) < 4.78 is 7.97. The number of carbonyl (C=O) groups is 2. The average Bonchev–Trinajstić information content (AvgIpc) is 3.31. The fourth-order valence-electron chi connectivity index (χ4n) is 4.52. The maximum atomic E-state index is 13.3. The molecule has 0 unspecified atom stereocenters. The third-order valence-electron chi connectivity index (χ3n) is 6.73. The van der Waals surface area contributed by atoms with Crippen molar-refractivity contribution in [3.8, 4) is 5.75 Å². The maximum Gasteiger partial charge on any atom is 0.316 e. The Morgan fingerprint density at radius 2 is 1.86 bits per heavy atom. The molecule has 6 nitrogen and oxygen atoms in total. The molecule has 6 heteroatoms. The molecule has 0 aliphatic heterocycles. The van der Waals surface area contributed by atoms with Crippen LogP contribution in [0.15, 0.2) is 30.3 Å². The molecule has 1 heterocycles. The van der Waals surface area contributed by atoms with Gasteiger partial charge in [0.15, 0.2) is 5.75 Å². The van der Waals surface area contributed by atoms with E-state index < -0.39 is 5.41 Å². The Balaban J connectivity index is 1.91. The van der Waals surface area contributed by atoms with E-state index in [2.05, 4.69) is 31.2 Å². The predicted octanol–water partition coefficient (Wildman–Crippen LogP) is 5.42. The molecular weight excluding hydrogens is 438 g/mol. The van der Waals surface area contributed by atoms with Gasteiger partial charge in [-0.15, -0.1) is 0 Å². The summed E-state index contributed by atoms with van der Waals surface area (Å²) in [5.74, 6) is 0.684. The van der Waals surface area contributed by atoms with E-state index >= 15 is 0 Å². The fourth-order valence-corrected chi connectivity index (χ4v) is 4.52. The molecule has 184 valence electrons. The summed E-state index contributed by atoms with van der Waals surface area (Å²) >= 11 is 0. The second-order valence-electron chi connectivity index (χ2n) is 10.8. The largest absolute Gasteiger partial charge is 0.423 e. The first kappa shape index (κ1) is 24.7. The number of rotatable bonds is 4. The maximum absolute atomic E-state index is 13.3. The highest BCUT2D eigenvalue weighted by molar-refractivity contribution is 6.02. The van der Waals surface area contributed by atoms with Gasteiger partial charge in [-0.3, -0.25) is 9.59 Å². The summed E-state index contributed by atoms with van der Waals surface area (Å²) in [7, 11) is 5.38. The van der Waals surface area contributed by atoms with Crippen molar-refractivity contribution in [2.24, 2.45) is 12.5 Å². The molecule has 3 aromatic rings. The quantitative estimate of drug-likeness (QED) is 0.375. The highest BCUT2D eigenvalue weighted by atomic mass is 16.5. The summed E-state index contributed by atoms with van der Waals surface area (Å²) in [6.07, 6.45) is 4.61. The van der Waals surface area contributed by atoms with Crippen molar-refractivity contribution in [3.63, 3.8) is 0 Å². The number of benzene rings is 2. The first-order valence-electron chi connectivity index (χ1n) is 12.1. The number of aromatic nitrogens is 2. The van der Waals surface area contributed by atoms with Gasteiger partial charge in [-0.2, -0.15) is 0 Å². The summed E-state index contributed by atoms with van der Waals surface area (Å²) in [5, 5.41) is 0. The van der Waals surface area contributed by atoms with Gasteiger partial charge in [0.05, 0.1) is 10.9 Å². The van der Waals surface area contributed by atoms with Gasteiger partial charge in [0.25, 0.3) is 5.91 Å². The number of hydrogen-bond acceptors (Lipinski definition) is 4. The van der Waals surface area contributed by atoms with Crippen molar-refractivity contribution >= 4 is 28.5 Å². The standard InChI is InChI=1S/C29H35N3O3/c1-17-9-13-21-19(10-11-20(21)15-17)12-14-22-23(27(33)31(6)7)16-24-25(30-18(2)32(24)8)26(22)35-28(34)29(3,4)5/h9,12-13,15-16H,10-11,14H2,1-8H3. The van der Waals surface area contributed by atoms with Crippen LogP contribution in [0.3, 0.4) is 0 Å². The molecule has 0 saturated carbocycles. The Labute approximate surface area is 207 Å². The van der Waals surface area contributed by atoms with Gasteiger partial charge in [0.2, 0.25) is 0 Å². The van der Waals surface area contributed by atoms with E-state index in [0.717, 1.165) is 24.2 Å².